The molecule has 29 heavy (non-hydrogen) atoms. The third-order valence-electron chi connectivity index (χ3n) is 4.58. The third kappa shape index (κ3) is 4.76. The number of fused-ring (bicyclic) bond motifs is 1. The Hall–Kier alpha value is -2.87. The molecule has 0 radical (unpaired) electrons. The number of anilines is 1. The number of ether oxygens (including phenoxy) is 3. The predicted octanol–water partition coefficient (Wildman–Crippen LogP) is 2.86. The van der Waals surface area contributed by atoms with Crippen molar-refractivity contribution >= 4 is 29.3 Å². The molecule has 8 heteroatoms. The highest BCUT2D eigenvalue weighted by Gasteiger charge is 2.24. The molecule has 0 spiro atoms. The molecule has 0 saturated heterocycles. The summed E-state index contributed by atoms with van der Waals surface area (Å²) in [5.74, 6) is 1.84. The van der Waals surface area contributed by atoms with Crippen LogP contribution in [0.15, 0.2) is 41.3 Å². The lowest BCUT2D eigenvalue weighted by Gasteiger charge is -2.28. The van der Waals surface area contributed by atoms with Gasteiger partial charge in [0.25, 0.3) is 0 Å². The van der Waals surface area contributed by atoms with E-state index in [0.717, 1.165) is 16.1 Å². The first-order valence-corrected chi connectivity index (χ1v) is 10.1. The first-order valence-electron chi connectivity index (χ1n) is 9.15. The fraction of sp³-hybridized carbons (Fsp3) is 0.333. The highest BCUT2D eigenvalue weighted by Crippen LogP contribution is 2.38. The predicted molar refractivity (Wildman–Crippen MR) is 112 cm³/mol. The van der Waals surface area contributed by atoms with E-state index < -0.39 is 0 Å². The number of methoxy groups -OCH3 is 3. The zero-order chi connectivity index (χ0) is 20.8. The van der Waals surface area contributed by atoms with Crippen molar-refractivity contribution in [1.29, 1.82) is 0 Å². The van der Waals surface area contributed by atoms with E-state index in [0.29, 0.717) is 36.1 Å². The van der Waals surface area contributed by atoms with Gasteiger partial charge in [0.2, 0.25) is 17.6 Å². The number of hydrogen-bond acceptors (Lipinski definition) is 6. The van der Waals surface area contributed by atoms with Gasteiger partial charge >= 0.3 is 0 Å². The molecule has 0 fully saturated rings. The molecule has 2 amide bonds. The molecule has 0 bridgehead atoms. The van der Waals surface area contributed by atoms with Crippen molar-refractivity contribution in [2.24, 2.45) is 0 Å². The molecule has 0 saturated carbocycles. The Labute approximate surface area is 174 Å². The molecule has 1 aliphatic rings. The van der Waals surface area contributed by atoms with Crippen LogP contribution in [0.25, 0.3) is 0 Å². The van der Waals surface area contributed by atoms with Crippen molar-refractivity contribution in [1.82, 2.24) is 5.32 Å². The van der Waals surface area contributed by atoms with E-state index in [1.807, 2.05) is 24.3 Å². The average Bonchev–Trinajstić information content (AvgIpc) is 2.76. The van der Waals surface area contributed by atoms with E-state index in [4.69, 9.17) is 14.2 Å². The standard InChI is InChI=1S/C21H24N2O5S/c1-26-16-10-14(11-17(27-2)21(16)28-3)12-22-19(24)8-9-23-15-6-4-5-7-18(15)29-13-20(23)25/h4-7,10-11H,8-9,12-13H2,1-3H3,(H,22,24). The van der Waals surface area contributed by atoms with E-state index in [-0.39, 0.29) is 18.2 Å². The van der Waals surface area contributed by atoms with E-state index in [9.17, 15) is 9.59 Å². The second-order valence-corrected chi connectivity index (χ2v) is 7.38. The molecule has 0 aliphatic carbocycles. The first-order chi connectivity index (χ1) is 14.1. The van der Waals surface area contributed by atoms with Gasteiger partial charge in [0.1, 0.15) is 0 Å². The van der Waals surface area contributed by atoms with Gasteiger partial charge in [-0.2, -0.15) is 0 Å². The van der Waals surface area contributed by atoms with Crippen LogP contribution < -0.4 is 24.4 Å². The molecular formula is C21H24N2O5S. The summed E-state index contributed by atoms with van der Waals surface area (Å²) in [6, 6.07) is 11.3. The zero-order valence-corrected chi connectivity index (χ0v) is 17.5. The first kappa shape index (κ1) is 20.9. The van der Waals surface area contributed by atoms with Crippen LogP contribution in [0, 0.1) is 0 Å². The molecule has 2 aromatic carbocycles. The maximum atomic E-state index is 12.4. The average molecular weight is 416 g/mol. The number of nitrogens with one attached hydrogen (secondary N) is 1. The van der Waals surface area contributed by atoms with Crippen molar-refractivity contribution in [3.63, 3.8) is 0 Å². The number of benzene rings is 2. The zero-order valence-electron chi connectivity index (χ0n) is 16.7. The van der Waals surface area contributed by atoms with Crippen LogP contribution in [0.2, 0.25) is 0 Å². The number of carbonyl (C=O) groups excluding carboxylic acids is 2. The summed E-state index contributed by atoms with van der Waals surface area (Å²) < 4.78 is 16.0. The van der Waals surface area contributed by atoms with Crippen LogP contribution in [-0.4, -0.2) is 45.4 Å². The van der Waals surface area contributed by atoms with Crippen LogP contribution >= 0.6 is 11.8 Å². The molecule has 1 N–H and O–H groups in total. The Morgan fingerprint density at radius 2 is 1.79 bits per heavy atom. The second kappa shape index (κ2) is 9.56. The minimum Gasteiger partial charge on any atom is -0.493 e. The molecule has 0 aromatic heterocycles. The smallest absolute Gasteiger partial charge is 0.237 e. The summed E-state index contributed by atoms with van der Waals surface area (Å²) in [6.45, 7) is 0.660. The van der Waals surface area contributed by atoms with Crippen LogP contribution in [-0.2, 0) is 16.1 Å². The van der Waals surface area contributed by atoms with Gasteiger partial charge in [-0.05, 0) is 29.8 Å². The summed E-state index contributed by atoms with van der Waals surface area (Å²) in [4.78, 5) is 27.4. The third-order valence-corrected chi connectivity index (χ3v) is 5.63. The maximum Gasteiger partial charge on any atom is 0.237 e. The summed E-state index contributed by atoms with van der Waals surface area (Å²) >= 11 is 1.53. The van der Waals surface area contributed by atoms with Gasteiger partial charge in [-0.25, -0.2) is 0 Å². The number of para-hydroxylation sites is 1. The second-order valence-electron chi connectivity index (χ2n) is 6.36. The van der Waals surface area contributed by atoms with Crippen molar-refractivity contribution in [3.05, 3.63) is 42.0 Å². The van der Waals surface area contributed by atoms with Gasteiger partial charge in [-0.1, -0.05) is 12.1 Å². The quantitative estimate of drug-likeness (QED) is 0.713. The highest BCUT2D eigenvalue weighted by atomic mass is 32.2. The highest BCUT2D eigenvalue weighted by molar-refractivity contribution is 8.00. The largest absolute Gasteiger partial charge is 0.493 e. The van der Waals surface area contributed by atoms with Crippen LogP contribution in [0.3, 0.4) is 0 Å². The van der Waals surface area contributed by atoms with E-state index in [2.05, 4.69) is 5.32 Å². The molecule has 7 nitrogen and oxygen atoms in total. The fourth-order valence-corrected chi connectivity index (χ4v) is 4.07. The minimum absolute atomic E-state index is 0.0196. The van der Waals surface area contributed by atoms with Crippen LogP contribution in [0.5, 0.6) is 17.2 Å². The molecule has 1 heterocycles. The normalized spacial score (nSPS) is 12.9. The topological polar surface area (TPSA) is 77.1 Å². The van der Waals surface area contributed by atoms with Crippen molar-refractivity contribution in [2.75, 3.05) is 38.5 Å². The molecular weight excluding hydrogens is 392 g/mol. The van der Waals surface area contributed by atoms with E-state index in [1.54, 1.807) is 38.4 Å². The Bertz CT molecular complexity index is 877. The van der Waals surface area contributed by atoms with Gasteiger partial charge in [0.05, 0.1) is 32.8 Å². The van der Waals surface area contributed by atoms with Gasteiger partial charge in [-0.3, -0.25) is 9.59 Å². The van der Waals surface area contributed by atoms with E-state index in [1.165, 1.54) is 11.8 Å². The summed E-state index contributed by atoms with van der Waals surface area (Å²) in [5, 5.41) is 2.88. The van der Waals surface area contributed by atoms with Crippen LogP contribution in [0.4, 0.5) is 5.69 Å². The fourth-order valence-electron chi connectivity index (χ4n) is 3.14. The Morgan fingerprint density at radius 1 is 1.10 bits per heavy atom. The van der Waals surface area contributed by atoms with Gasteiger partial charge in [0.15, 0.2) is 11.5 Å². The van der Waals surface area contributed by atoms with Crippen molar-refractivity contribution < 1.29 is 23.8 Å². The number of amides is 2. The molecule has 0 atom stereocenters. The lowest BCUT2D eigenvalue weighted by molar-refractivity contribution is -0.121. The van der Waals surface area contributed by atoms with Gasteiger partial charge in [-0.15, -0.1) is 11.8 Å². The lowest BCUT2D eigenvalue weighted by atomic mass is 10.1. The van der Waals surface area contributed by atoms with Gasteiger partial charge < -0.3 is 24.4 Å². The summed E-state index contributed by atoms with van der Waals surface area (Å²) in [5.41, 5.74) is 1.69. The Kier molecular flexibility index (Phi) is 6.87. The molecule has 154 valence electrons. The van der Waals surface area contributed by atoms with E-state index >= 15 is 0 Å². The monoisotopic (exact) mass is 416 g/mol. The number of carbonyl (C=O) groups is 2. The molecule has 0 unspecified atom stereocenters. The Morgan fingerprint density at radius 3 is 2.45 bits per heavy atom. The van der Waals surface area contributed by atoms with Crippen LogP contribution in [0.1, 0.15) is 12.0 Å². The van der Waals surface area contributed by atoms with Gasteiger partial charge in [0, 0.05) is 24.4 Å². The van der Waals surface area contributed by atoms with Crippen molar-refractivity contribution in [2.45, 2.75) is 17.9 Å². The number of hydrogen-bond donors (Lipinski definition) is 1. The minimum atomic E-state index is -0.137. The Balaban J connectivity index is 1.60. The maximum absolute atomic E-state index is 12.4. The number of thioether (sulfide) groups is 1. The number of nitrogens with zero attached hydrogens (tertiary/aromatic N) is 1. The summed E-state index contributed by atoms with van der Waals surface area (Å²) in [7, 11) is 4.64. The molecule has 1 aliphatic heterocycles. The lowest BCUT2D eigenvalue weighted by Crippen LogP contribution is -2.38. The summed E-state index contributed by atoms with van der Waals surface area (Å²) in [6.07, 6.45) is 0.217. The molecule has 3 rings (SSSR count). The number of rotatable bonds is 8. The molecule has 2 aromatic rings. The van der Waals surface area contributed by atoms with Crippen molar-refractivity contribution in [3.8, 4) is 17.2 Å². The SMILES string of the molecule is COc1cc(CNC(=O)CCN2C(=O)CSc3ccccc32)cc(OC)c1OC.